The van der Waals surface area contributed by atoms with Gasteiger partial charge < -0.3 is 9.47 Å². The van der Waals surface area contributed by atoms with E-state index in [0.717, 1.165) is 10.2 Å². The van der Waals surface area contributed by atoms with E-state index in [1.54, 1.807) is 7.11 Å². The summed E-state index contributed by atoms with van der Waals surface area (Å²) in [5.41, 5.74) is 2.40. The van der Waals surface area contributed by atoms with E-state index >= 15 is 0 Å². The average Bonchev–Trinajstić information content (AvgIpc) is 2.17. The lowest BCUT2D eigenvalue weighted by Gasteiger charge is -2.23. The number of halogens is 1. The average molecular weight is 287 g/mol. The lowest BCUT2D eigenvalue weighted by atomic mass is 9.86. The third-order valence-electron chi connectivity index (χ3n) is 2.40. The van der Waals surface area contributed by atoms with Gasteiger partial charge >= 0.3 is 0 Å². The highest BCUT2D eigenvalue weighted by molar-refractivity contribution is 9.10. The highest BCUT2D eigenvalue weighted by Gasteiger charge is 2.20. The van der Waals surface area contributed by atoms with E-state index in [1.165, 1.54) is 11.1 Å². The highest BCUT2D eigenvalue weighted by Crippen LogP contribution is 2.35. The molecule has 1 aromatic rings. The van der Waals surface area contributed by atoms with Gasteiger partial charge in [-0.05, 0) is 30.0 Å². The molecular weight excluding hydrogens is 268 g/mol. The molecule has 0 unspecified atom stereocenters. The second kappa shape index (κ2) is 5.19. The van der Waals surface area contributed by atoms with Gasteiger partial charge in [0.2, 0.25) is 0 Å². The van der Waals surface area contributed by atoms with E-state index < -0.39 is 0 Å². The van der Waals surface area contributed by atoms with Crippen molar-refractivity contribution in [3.05, 3.63) is 27.7 Å². The fourth-order valence-corrected chi connectivity index (χ4v) is 1.83. The SMILES string of the molecule is COCOc1cc(C)c(Br)cc1C(C)(C)C. The van der Waals surface area contributed by atoms with E-state index in [0.29, 0.717) is 0 Å². The lowest BCUT2D eigenvalue weighted by molar-refractivity contribution is 0.0497. The highest BCUT2D eigenvalue weighted by atomic mass is 79.9. The molecule has 0 atom stereocenters. The van der Waals surface area contributed by atoms with Crippen molar-refractivity contribution in [2.24, 2.45) is 0 Å². The van der Waals surface area contributed by atoms with Crippen molar-refractivity contribution in [2.45, 2.75) is 33.1 Å². The number of benzene rings is 1. The van der Waals surface area contributed by atoms with Gasteiger partial charge in [0.1, 0.15) is 5.75 Å². The zero-order chi connectivity index (χ0) is 12.3. The third kappa shape index (κ3) is 3.22. The molecule has 0 fully saturated rings. The summed E-state index contributed by atoms with van der Waals surface area (Å²) in [6.45, 7) is 8.84. The number of aryl methyl sites for hydroxylation is 1. The first-order valence-electron chi connectivity index (χ1n) is 5.28. The van der Waals surface area contributed by atoms with Gasteiger partial charge in [0.05, 0.1) is 0 Å². The Hall–Kier alpha value is -0.540. The molecule has 0 aromatic heterocycles. The fourth-order valence-electron chi connectivity index (χ4n) is 1.48. The van der Waals surface area contributed by atoms with Crippen LogP contribution in [0.25, 0.3) is 0 Å². The molecule has 2 nitrogen and oxygen atoms in total. The van der Waals surface area contributed by atoms with Crippen LogP contribution >= 0.6 is 15.9 Å². The Morgan fingerprint density at radius 3 is 2.38 bits per heavy atom. The van der Waals surface area contributed by atoms with E-state index in [9.17, 15) is 0 Å². The van der Waals surface area contributed by atoms with Gasteiger partial charge in [-0.15, -0.1) is 0 Å². The Morgan fingerprint density at radius 2 is 1.88 bits per heavy atom. The van der Waals surface area contributed by atoms with E-state index in [2.05, 4.69) is 49.7 Å². The van der Waals surface area contributed by atoms with Gasteiger partial charge in [0, 0.05) is 17.1 Å². The molecular formula is C13H19BrO2. The zero-order valence-corrected chi connectivity index (χ0v) is 12.1. The maximum atomic E-state index is 5.61. The summed E-state index contributed by atoms with van der Waals surface area (Å²) in [4.78, 5) is 0. The Morgan fingerprint density at radius 1 is 1.25 bits per heavy atom. The first kappa shape index (κ1) is 13.5. The number of hydrogen-bond donors (Lipinski definition) is 0. The molecule has 3 heteroatoms. The topological polar surface area (TPSA) is 18.5 Å². The maximum absolute atomic E-state index is 5.61. The molecule has 0 N–H and O–H groups in total. The minimum atomic E-state index is 0.0549. The standard InChI is InChI=1S/C13H19BrO2/c1-9-6-12(16-8-15-5)10(7-11(9)14)13(2,3)4/h6-7H,8H2,1-5H3. The molecule has 16 heavy (non-hydrogen) atoms. The van der Waals surface area contributed by atoms with Crippen LogP contribution in [0.5, 0.6) is 5.75 Å². The predicted molar refractivity (Wildman–Crippen MR) is 70.1 cm³/mol. The molecule has 0 amide bonds. The number of methoxy groups -OCH3 is 1. The summed E-state index contributed by atoms with van der Waals surface area (Å²) < 4.78 is 11.7. The molecule has 0 radical (unpaired) electrons. The Bertz CT molecular complexity index is 367. The van der Waals surface area contributed by atoms with Crippen LogP contribution in [-0.4, -0.2) is 13.9 Å². The molecule has 0 aliphatic carbocycles. The molecule has 0 bridgehead atoms. The van der Waals surface area contributed by atoms with Crippen molar-refractivity contribution >= 4 is 15.9 Å². The fraction of sp³-hybridized carbons (Fsp3) is 0.538. The monoisotopic (exact) mass is 286 g/mol. The van der Waals surface area contributed by atoms with Crippen molar-refractivity contribution in [2.75, 3.05) is 13.9 Å². The van der Waals surface area contributed by atoms with Crippen LogP contribution in [0.2, 0.25) is 0 Å². The zero-order valence-electron chi connectivity index (χ0n) is 10.6. The largest absolute Gasteiger partial charge is 0.467 e. The summed E-state index contributed by atoms with van der Waals surface area (Å²) in [5, 5.41) is 0. The minimum Gasteiger partial charge on any atom is -0.467 e. The van der Waals surface area contributed by atoms with Gasteiger partial charge in [0.15, 0.2) is 6.79 Å². The molecule has 0 saturated heterocycles. The molecule has 0 aliphatic heterocycles. The predicted octanol–water partition coefficient (Wildman–Crippen LogP) is 4.04. The van der Waals surface area contributed by atoms with Gasteiger partial charge in [-0.1, -0.05) is 36.7 Å². The summed E-state index contributed by atoms with van der Waals surface area (Å²) >= 11 is 3.55. The van der Waals surface area contributed by atoms with E-state index in [-0.39, 0.29) is 12.2 Å². The molecule has 0 aliphatic rings. The lowest BCUT2D eigenvalue weighted by Crippen LogP contribution is -2.14. The van der Waals surface area contributed by atoms with Crippen LogP contribution in [0, 0.1) is 6.92 Å². The summed E-state index contributed by atoms with van der Waals surface area (Å²) in [6, 6.07) is 4.17. The van der Waals surface area contributed by atoms with Crippen LogP contribution in [0.3, 0.4) is 0 Å². The maximum Gasteiger partial charge on any atom is 0.188 e. The van der Waals surface area contributed by atoms with Crippen LogP contribution in [0.1, 0.15) is 31.9 Å². The normalized spacial score (nSPS) is 11.6. The summed E-state index contributed by atoms with van der Waals surface area (Å²) in [7, 11) is 1.63. The third-order valence-corrected chi connectivity index (χ3v) is 3.26. The summed E-state index contributed by atoms with van der Waals surface area (Å²) in [6.07, 6.45) is 0. The number of hydrogen-bond acceptors (Lipinski definition) is 2. The molecule has 1 rings (SSSR count). The Kier molecular flexibility index (Phi) is 4.39. The van der Waals surface area contributed by atoms with E-state index in [4.69, 9.17) is 9.47 Å². The molecule has 1 aromatic carbocycles. The van der Waals surface area contributed by atoms with Crippen LogP contribution in [-0.2, 0) is 10.2 Å². The number of rotatable bonds is 3. The second-order valence-electron chi connectivity index (χ2n) is 4.90. The first-order valence-corrected chi connectivity index (χ1v) is 6.08. The van der Waals surface area contributed by atoms with Gasteiger partial charge in [-0.3, -0.25) is 0 Å². The summed E-state index contributed by atoms with van der Waals surface area (Å²) in [5.74, 6) is 0.898. The first-order chi connectivity index (χ1) is 7.36. The number of ether oxygens (including phenoxy) is 2. The van der Waals surface area contributed by atoms with Crippen LogP contribution in [0.4, 0.5) is 0 Å². The van der Waals surface area contributed by atoms with E-state index in [1.807, 2.05) is 6.07 Å². The van der Waals surface area contributed by atoms with Crippen molar-refractivity contribution in [1.29, 1.82) is 0 Å². The van der Waals surface area contributed by atoms with Crippen LogP contribution < -0.4 is 4.74 Å². The molecule has 0 heterocycles. The van der Waals surface area contributed by atoms with Crippen molar-refractivity contribution in [1.82, 2.24) is 0 Å². The second-order valence-corrected chi connectivity index (χ2v) is 5.75. The minimum absolute atomic E-state index is 0.0549. The van der Waals surface area contributed by atoms with Crippen molar-refractivity contribution < 1.29 is 9.47 Å². The van der Waals surface area contributed by atoms with Crippen LogP contribution in [0.15, 0.2) is 16.6 Å². The van der Waals surface area contributed by atoms with Crippen molar-refractivity contribution in [3.8, 4) is 5.75 Å². The molecule has 90 valence electrons. The van der Waals surface area contributed by atoms with Gasteiger partial charge in [-0.25, -0.2) is 0 Å². The van der Waals surface area contributed by atoms with Gasteiger partial charge in [-0.2, -0.15) is 0 Å². The Labute approximate surface area is 106 Å². The van der Waals surface area contributed by atoms with Crippen molar-refractivity contribution in [3.63, 3.8) is 0 Å². The smallest absolute Gasteiger partial charge is 0.188 e. The Balaban J connectivity index is 3.17. The quantitative estimate of drug-likeness (QED) is 0.781. The van der Waals surface area contributed by atoms with Gasteiger partial charge in [0.25, 0.3) is 0 Å². The molecule has 0 spiro atoms. The molecule has 0 saturated carbocycles.